The molecule has 9 heteroatoms. The molecule has 0 aliphatic heterocycles. The minimum absolute atomic E-state index is 0.165. The van der Waals surface area contributed by atoms with Crippen molar-refractivity contribution in [3.63, 3.8) is 0 Å². The van der Waals surface area contributed by atoms with Gasteiger partial charge in [-0.25, -0.2) is 14.3 Å². The lowest BCUT2D eigenvalue weighted by Crippen LogP contribution is -2.34. The second-order valence-electron chi connectivity index (χ2n) is 5.63. The molecule has 0 spiro atoms. The van der Waals surface area contributed by atoms with Crippen molar-refractivity contribution in [3.05, 3.63) is 11.4 Å². The second kappa shape index (κ2) is 7.71. The number of halogens is 1. The molecule has 0 aliphatic rings. The largest absolute Gasteiger partial charge is 0.476 e. The van der Waals surface area contributed by atoms with E-state index in [1.807, 2.05) is 0 Å². The third kappa shape index (κ3) is 5.66. The smallest absolute Gasteiger partial charge is 0.407 e. The highest BCUT2D eigenvalue weighted by molar-refractivity contribution is 5.86. The van der Waals surface area contributed by atoms with E-state index in [4.69, 9.17) is 9.84 Å². The average Bonchev–Trinajstić information content (AvgIpc) is 2.77. The Bertz CT molecular complexity index is 525. The van der Waals surface area contributed by atoms with Crippen molar-refractivity contribution < 1.29 is 23.8 Å². The van der Waals surface area contributed by atoms with Crippen LogP contribution in [0.1, 0.15) is 43.4 Å². The van der Waals surface area contributed by atoms with Gasteiger partial charge in [-0.05, 0) is 27.2 Å². The van der Waals surface area contributed by atoms with E-state index in [2.05, 4.69) is 15.6 Å². The number of nitrogens with one attached hydrogen (secondary N) is 1. The quantitative estimate of drug-likeness (QED) is 0.787. The molecule has 8 nitrogen and oxygen atoms in total. The van der Waals surface area contributed by atoms with E-state index in [9.17, 15) is 14.0 Å². The van der Waals surface area contributed by atoms with Crippen molar-refractivity contribution in [2.45, 2.75) is 45.8 Å². The summed E-state index contributed by atoms with van der Waals surface area (Å²) in [5.74, 6) is -1.21. The zero-order valence-corrected chi connectivity index (χ0v) is 12.9. The van der Waals surface area contributed by atoms with Crippen LogP contribution in [0.25, 0.3) is 0 Å². The van der Waals surface area contributed by atoms with Gasteiger partial charge >= 0.3 is 12.1 Å². The number of amides is 1. The second-order valence-corrected chi connectivity index (χ2v) is 5.63. The van der Waals surface area contributed by atoms with E-state index >= 15 is 0 Å². The SMILES string of the molecule is CC(C)(C)OC(=O)NCCc1c(C(=O)O)nnn1CCCF. The van der Waals surface area contributed by atoms with E-state index in [1.165, 1.54) is 4.68 Å². The topological polar surface area (TPSA) is 106 Å². The standard InChI is InChI=1S/C13H21FN4O4/c1-13(2,3)22-12(21)15-7-5-9-10(11(19)20)16-17-18(9)8-4-6-14/h4-8H2,1-3H3,(H,15,21)(H,19,20). The zero-order valence-electron chi connectivity index (χ0n) is 12.9. The van der Waals surface area contributed by atoms with Crippen molar-refractivity contribution in [1.29, 1.82) is 0 Å². The predicted molar refractivity (Wildman–Crippen MR) is 75.5 cm³/mol. The molecule has 1 aromatic rings. The van der Waals surface area contributed by atoms with Crippen LogP contribution >= 0.6 is 0 Å². The van der Waals surface area contributed by atoms with Gasteiger partial charge in [-0.15, -0.1) is 5.10 Å². The molecule has 124 valence electrons. The van der Waals surface area contributed by atoms with Crippen LogP contribution in [0.15, 0.2) is 0 Å². The van der Waals surface area contributed by atoms with Crippen LogP contribution in [0, 0.1) is 0 Å². The molecule has 1 aromatic heterocycles. The molecule has 0 saturated heterocycles. The van der Waals surface area contributed by atoms with Gasteiger partial charge in [0.05, 0.1) is 12.4 Å². The molecule has 1 heterocycles. The summed E-state index contributed by atoms with van der Waals surface area (Å²) in [6.07, 6.45) is -0.165. The molecule has 0 radical (unpaired) electrons. The minimum atomic E-state index is -1.21. The average molecular weight is 316 g/mol. The van der Waals surface area contributed by atoms with Gasteiger partial charge in [-0.2, -0.15) is 0 Å². The van der Waals surface area contributed by atoms with Gasteiger partial charge in [0.25, 0.3) is 0 Å². The Morgan fingerprint density at radius 3 is 2.64 bits per heavy atom. The van der Waals surface area contributed by atoms with Crippen LogP contribution in [0.5, 0.6) is 0 Å². The van der Waals surface area contributed by atoms with Gasteiger partial charge in [-0.3, -0.25) is 4.39 Å². The summed E-state index contributed by atoms with van der Waals surface area (Å²) in [7, 11) is 0. The van der Waals surface area contributed by atoms with Crippen LogP contribution in [0.4, 0.5) is 9.18 Å². The molecule has 0 aromatic carbocycles. The number of carboxylic acids is 1. The molecule has 0 saturated carbocycles. The lowest BCUT2D eigenvalue weighted by Gasteiger charge is -2.19. The van der Waals surface area contributed by atoms with E-state index in [1.54, 1.807) is 20.8 Å². The number of alkyl carbamates (subject to hydrolysis) is 1. The first-order valence-electron chi connectivity index (χ1n) is 6.93. The fourth-order valence-electron chi connectivity index (χ4n) is 1.73. The number of ether oxygens (including phenoxy) is 1. The number of alkyl halides is 1. The first-order valence-corrected chi connectivity index (χ1v) is 6.93. The number of nitrogens with zero attached hydrogens (tertiary/aromatic N) is 3. The van der Waals surface area contributed by atoms with Crippen molar-refractivity contribution in [1.82, 2.24) is 20.3 Å². The predicted octanol–water partition coefficient (Wildman–Crippen LogP) is 1.40. The molecule has 0 atom stereocenters. The van der Waals surface area contributed by atoms with Crippen molar-refractivity contribution >= 4 is 12.1 Å². The number of hydrogen-bond acceptors (Lipinski definition) is 5. The maximum absolute atomic E-state index is 12.2. The summed E-state index contributed by atoms with van der Waals surface area (Å²) in [5.41, 5.74) is -0.456. The molecule has 0 unspecified atom stereocenters. The highest BCUT2D eigenvalue weighted by Crippen LogP contribution is 2.09. The van der Waals surface area contributed by atoms with E-state index < -0.39 is 24.3 Å². The molecular formula is C13H21FN4O4. The summed E-state index contributed by atoms with van der Waals surface area (Å²) >= 11 is 0. The summed E-state index contributed by atoms with van der Waals surface area (Å²) in [6.45, 7) is 5.09. The first kappa shape index (κ1) is 17.9. The van der Waals surface area contributed by atoms with Gasteiger partial charge in [0, 0.05) is 19.5 Å². The Morgan fingerprint density at radius 2 is 2.09 bits per heavy atom. The first-order chi connectivity index (χ1) is 10.2. The highest BCUT2D eigenvalue weighted by atomic mass is 19.1. The summed E-state index contributed by atoms with van der Waals surface area (Å²) in [5, 5.41) is 18.9. The van der Waals surface area contributed by atoms with Gasteiger partial charge in [0.1, 0.15) is 5.60 Å². The minimum Gasteiger partial charge on any atom is -0.476 e. The number of aromatic carboxylic acids is 1. The lowest BCUT2D eigenvalue weighted by molar-refractivity contribution is 0.0528. The fourth-order valence-corrected chi connectivity index (χ4v) is 1.73. The highest BCUT2D eigenvalue weighted by Gasteiger charge is 2.20. The number of carbonyl (C=O) groups excluding carboxylic acids is 1. The molecular weight excluding hydrogens is 295 g/mol. The van der Waals surface area contributed by atoms with Gasteiger partial charge < -0.3 is 15.2 Å². The number of aromatic nitrogens is 3. The molecule has 0 bridgehead atoms. The van der Waals surface area contributed by atoms with Crippen LogP contribution in [0.3, 0.4) is 0 Å². The van der Waals surface area contributed by atoms with Crippen molar-refractivity contribution in [2.24, 2.45) is 0 Å². The van der Waals surface area contributed by atoms with E-state index in [-0.39, 0.29) is 31.6 Å². The Morgan fingerprint density at radius 1 is 1.41 bits per heavy atom. The van der Waals surface area contributed by atoms with Gasteiger partial charge in [0.2, 0.25) is 0 Å². The Hall–Kier alpha value is -2.19. The molecule has 0 fully saturated rings. The monoisotopic (exact) mass is 316 g/mol. The van der Waals surface area contributed by atoms with Crippen molar-refractivity contribution in [3.8, 4) is 0 Å². The Balaban J connectivity index is 2.65. The zero-order chi connectivity index (χ0) is 16.8. The van der Waals surface area contributed by atoms with Crippen molar-refractivity contribution in [2.75, 3.05) is 13.2 Å². The third-order valence-electron chi connectivity index (χ3n) is 2.57. The summed E-state index contributed by atoms with van der Waals surface area (Å²) in [4.78, 5) is 22.6. The lowest BCUT2D eigenvalue weighted by atomic mass is 10.2. The molecule has 22 heavy (non-hydrogen) atoms. The van der Waals surface area contributed by atoms with E-state index in [0.29, 0.717) is 5.69 Å². The number of carboxylic acid groups (broad SMARTS) is 1. The maximum Gasteiger partial charge on any atom is 0.407 e. The van der Waals surface area contributed by atoms with Crippen LogP contribution in [-0.4, -0.2) is 51.0 Å². The Kier molecular flexibility index (Phi) is 6.26. The number of aryl methyl sites for hydroxylation is 1. The van der Waals surface area contributed by atoms with Crippen LogP contribution < -0.4 is 5.32 Å². The maximum atomic E-state index is 12.2. The molecule has 2 N–H and O–H groups in total. The molecule has 0 aliphatic carbocycles. The van der Waals surface area contributed by atoms with Crippen LogP contribution in [0.2, 0.25) is 0 Å². The molecule has 1 rings (SSSR count). The van der Waals surface area contributed by atoms with Gasteiger partial charge in [-0.1, -0.05) is 5.21 Å². The summed E-state index contributed by atoms with van der Waals surface area (Å²) in [6, 6.07) is 0. The van der Waals surface area contributed by atoms with Gasteiger partial charge in [0.15, 0.2) is 5.69 Å². The fraction of sp³-hybridized carbons (Fsp3) is 0.692. The normalized spacial score (nSPS) is 11.3. The number of rotatable bonds is 7. The third-order valence-corrected chi connectivity index (χ3v) is 2.57. The molecule has 1 amide bonds. The number of hydrogen-bond donors (Lipinski definition) is 2. The Labute approximate surface area is 127 Å². The van der Waals surface area contributed by atoms with Crippen LogP contribution in [-0.2, 0) is 17.7 Å². The number of carbonyl (C=O) groups is 2. The summed E-state index contributed by atoms with van der Waals surface area (Å²) < 4.78 is 18.7. The van der Waals surface area contributed by atoms with E-state index in [0.717, 1.165) is 0 Å².